The Kier molecular flexibility index (Phi) is 3.94. The Bertz CT molecular complexity index is 851. The molecule has 2 aromatic heterocycles. The number of carbonyl (C=O) groups is 1. The molecule has 4 heteroatoms. The van der Waals surface area contributed by atoms with E-state index in [1.807, 2.05) is 19.2 Å². The number of aromatic nitrogens is 1. The van der Waals surface area contributed by atoms with Crippen LogP contribution in [0.2, 0.25) is 0 Å². The number of benzene rings is 1. The van der Waals surface area contributed by atoms with E-state index in [0.29, 0.717) is 4.88 Å². The van der Waals surface area contributed by atoms with Crippen LogP contribution in [0, 0.1) is 13.8 Å². The average Bonchev–Trinajstić information content (AvgIpc) is 2.87. The minimum atomic E-state index is -0.263. The lowest BCUT2D eigenvalue weighted by Gasteiger charge is -2.06. The fourth-order valence-corrected chi connectivity index (χ4v) is 3.80. The summed E-state index contributed by atoms with van der Waals surface area (Å²) in [4.78, 5) is 18.1. The van der Waals surface area contributed by atoms with Crippen molar-refractivity contribution in [2.75, 3.05) is 7.11 Å². The number of ether oxygens (including phenoxy) is 1. The monoisotopic (exact) mass is 311 g/mol. The maximum atomic E-state index is 11.7. The summed E-state index contributed by atoms with van der Waals surface area (Å²) in [7, 11) is 1.42. The Balaban J connectivity index is 2.02. The van der Waals surface area contributed by atoms with Crippen LogP contribution in [0.3, 0.4) is 0 Å². The number of thiophene rings is 1. The molecular weight excluding hydrogens is 294 g/mol. The molecule has 0 spiro atoms. The first-order valence-electron chi connectivity index (χ1n) is 7.10. The van der Waals surface area contributed by atoms with E-state index in [-0.39, 0.29) is 5.97 Å². The fourth-order valence-electron chi connectivity index (χ4n) is 2.69. The van der Waals surface area contributed by atoms with Crippen molar-refractivity contribution in [1.29, 1.82) is 0 Å². The van der Waals surface area contributed by atoms with Crippen LogP contribution in [-0.2, 0) is 11.2 Å². The first-order chi connectivity index (χ1) is 10.6. The van der Waals surface area contributed by atoms with E-state index in [1.165, 1.54) is 29.6 Å². The highest BCUT2D eigenvalue weighted by Gasteiger charge is 2.15. The maximum absolute atomic E-state index is 11.7. The number of hydrogen-bond acceptors (Lipinski definition) is 4. The quantitative estimate of drug-likeness (QED) is 0.677. The number of esters is 1. The van der Waals surface area contributed by atoms with Gasteiger partial charge in [-0.3, -0.25) is 4.98 Å². The van der Waals surface area contributed by atoms with Gasteiger partial charge in [0.05, 0.1) is 12.6 Å². The van der Waals surface area contributed by atoms with Crippen LogP contribution >= 0.6 is 11.3 Å². The normalized spacial score (nSPS) is 10.9. The molecule has 2 heterocycles. The number of rotatable bonds is 3. The zero-order chi connectivity index (χ0) is 15.7. The van der Waals surface area contributed by atoms with Crippen LogP contribution in [0.25, 0.3) is 10.9 Å². The SMILES string of the molecule is COC(=O)c1sc(Cc2cc(C)cc3cccnc23)cc1C. The largest absolute Gasteiger partial charge is 0.465 e. The predicted octanol–water partition coefficient (Wildman–Crippen LogP) is 4.29. The molecule has 0 atom stereocenters. The summed E-state index contributed by atoms with van der Waals surface area (Å²) in [6.45, 7) is 4.04. The van der Waals surface area contributed by atoms with Crippen LogP contribution in [0.15, 0.2) is 36.5 Å². The molecule has 0 saturated heterocycles. The third-order valence-electron chi connectivity index (χ3n) is 3.63. The Labute approximate surface area is 133 Å². The second-order valence-electron chi connectivity index (χ2n) is 5.39. The number of carbonyl (C=O) groups excluding carboxylic acids is 1. The molecule has 22 heavy (non-hydrogen) atoms. The van der Waals surface area contributed by atoms with Crippen molar-refractivity contribution in [3.63, 3.8) is 0 Å². The molecule has 0 fully saturated rings. The van der Waals surface area contributed by atoms with Crippen LogP contribution in [-0.4, -0.2) is 18.1 Å². The van der Waals surface area contributed by atoms with Crippen LogP contribution in [0.4, 0.5) is 0 Å². The topological polar surface area (TPSA) is 39.2 Å². The molecule has 1 aromatic carbocycles. The van der Waals surface area contributed by atoms with Crippen molar-refractivity contribution in [1.82, 2.24) is 4.98 Å². The van der Waals surface area contributed by atoms with E-state index >= 15 is 0 Å². The molecule has 0 unspecified atom stereocenters. The summed E-state index contributed by atoms with van der Waals surface area (Å²) in [6.07, 6.45) is 2.60. The molecule has 0 aliphatic carbocycles. The molecule has 0 aliphatic heterocycles. The number of pyridine rings is 1. The molecule has 0 bridgehead atoms. The van der Waals surface area contributed by atoms with Crippen molar-refractivity contribution < 1.29 is 9.53 Å². The zero-order valence-electron chi connectivity index (χ0n) is 12.8. The van der Waals surface area contributed by atoms with Gasteiger partial charge in [-0.25, -0.2) is 4.79 Å². The lowest BCUT2D eigenvalue weighted by molar-refractivity contribution is 0.0605. The highest BCUT2D eigenvalue weighted by molar-refractivity contribution is 7.14. The zero-order valence-corrected chi connectivity index (χ0v) is 13.7. The van der Waals surface area contributed by atoms with Gasteiger partial charge in [-0.1, -0.05) is 17.7 Å². The summed E-state index contributed by atoms with van der Waals surface area (Å²) >= 11 is 1.50. The van der Waals surface area contributed by atoms with Crippen molar-refractivity contribution in [3.8, 4) is 0 Å². The molecule has 3 nitrogen and oxygen atoms in total. The molecule has 0 radical (unpaired) electrons. The van der Waals surface area contributed by atoms with Gasteiger partial charge in [0.15, 0.2) is 0 Å². The van der Waals surface area contributed by atoms with Gasteiger partial charge in [0, 0.05) is 22.9 Å². The first kappa shape index (κ1) is 14.7. The van der Waals surface area contributed by atoms with Crippen LogP contribution in [0.1, 0.15) is 31.2 Å². The second-order valence-corrected chi connectivity index (χ2v) is 6.53. The molecule has 3 rings (SSSR count). The van der Waals surface area contributed by atoms with E-state index in [4.69, 9.17) is 4.74 Å². The van der Waals surface area contributed by atoms with Gasteiger partial charge in [0.1, 0.15) is 4.88 Å². The Morgan fingerprint density at radius 3 is 2.86 bits per heavy atom. The smallest absolute Gasteiger partial charge is 0.348 e. The van der Waals surface area contributed by atoms with Crippen LogP contribution < -0.4 is 0 Å². The lowest BCUT2D eigenvalue weighted by Crippen LogP contribution is -1.99. The third-order valence-corrected chi connectivity index (χ3v) is 4.85. The summed E-state index contributed by atoms with van der Waals surface area (Å²) in [5, 5.41) is 1.15. The fraction of sp³-hybridized carbons (Fsp3) is 0.222. The van der Waals surface area contributed by atoms with Gasteiger partial charge in [0.2, 0.25) is 0 Å². The van der Waals surface area contributed by atoms with E-state index in [1.54, 1.807) is 0 Å². The summed E-state index contributed by atoms with van der Waals surface area (Å²) in [5.41, 5.74) is 4.40. The van der Waals surface area contributed by atoms with Gasteiger partial charge in [0.25, 0.3) is 0 Å². The minimum Gasteiger partial charge on any atom is -0.465 e. The van der Waals surface area contributed by atoms with Crippen molar-refractivity contribution in [2.45, 2.75) is 20.3 Å². The first-order valence-corrected chi connectivity index (χ1v) is 7.92. The summed E-state index contributed by atoms with van der Waals surface area (Å²) in [6, 6.07) is 10.4. The number of fused-ring (bicyclic) bond motifs is 1. The minimum absolute atomic E-state index is 0.263. The summed E-state index contributed by atoms with van der Waals surface area (Å²) < 4.78 is 4.83. The van der Waals surface area contributed by atoms with E-state index in [0.717, 1.165) is 27.8 Å². The molecule has 3 aromatic rings. The van der Waals surface area contributed by atoms with Crippen molar-refractivity contribution in [3.05, 3.63) is 63.0 Å². The number of aryl methyl sites for hydroxylation is 2. The molecule has 0 saturated carbocycles. The highest BCUT2D eigenvalue weighted by Crippen LogP contribution is 2.28. The maximum Gasteiger partial charge on any atom is 0.348 e. The van der Waals surface area contributed by atoms with E-state index in [9.17, 15) is 4.79 Å². The van der Waals surface area contributed by atoms with Crippen molar-refractivity contribution in [2.24, 2.45) is 0 Å². The average molecular weight is 311 g/mol. The number of methoxy groups -OCH3 is 1. The van der Waals surface area contributed by atoms with Gasteiger partial charge in [-0.05, 0) is 43.2 Å². The highest BCUT2D eigenvalue weighted by atomic mass is 32.1. The molecule has 112 valence electrons. The Morgan fingerprint density at radius 1 is 1.27 bits per heavy atom. The second kappa shape index (κ2) is 5.89. The number of hydrogen-bond donors (Lipinski definition) is 0. The van der Waals surface area contributed by atoms with Gasteiger partial charge < -0.3 is 4.74 Å². The molecule has 0 N–H and O–H groups in total. The Morgan fingerprint density at radius 2 is 2.09 bits per heavy atom. The van der Waals surface area contributed by atoms with E-state index < -0.39 is 0 Å². The molecule has 0 aliphatic rings. The Hall–Kier alpha value is -2.20. The lowest BCUT2D eigenvalue weighted by atomic mass is 10.0. The van der Waals surface area contributed by atoms with Crippen LogP contribution in [0.5, 0.6) is 0 Å². The van der Waals surface area contributed by atoms with Crippen molar-refractivity contribution >= 4 is 28.2 Å². The number of nitrogens with zero attached hydrogens (tertiary/aromatic N) is 1. The predicted molar refractivity (Wildman–Crippen MR) is 89.7 cm³/mol. The van der Waals surface area contributed by atoms with Gasteiger partial charge in [-0.2, -0.15) is 0 Å². The third kappa shape index (κ3) is 2.74. The molecule has 0 amide bonds. The van der Waals surface area contributed by atoms with Gasteiger partial charge in [-0.15, -0.1) is 11.3 Å². The van der Waals surface area contributed by atoms with Gasteiger partial charge >= 0.3 is 5.97 Å². The summed E-state index contributed by atoms with van der Waals surface area (Å²) in [5.74, 6) is -0.263. The standard InChI is InChI=1S/C18H17NO2S/c1-11-7-13-5-4-6-19-16(13)14(8-11)10-15-9-12(2)17(22-15)18(20)21-3/h4-9H,10H2,1-3H3. The molecular formula is C18H17NO2S. The van der Waals surface area contributed by atoms with E-state index in [2.05, 4.69) is 36.2 Å².